The summed E-state index contributed by atoms with van der Waals surface area (Å²) in [4.78, 5) is 16.1. The average Bonchev–Trinajstić information content (AvgIpc) is 2.39. The van der Waals surface area contributed by atoms with E-state index in [1.807, 2.05) is 43.3 Å². The molecule has 1 unspecified atom stereocenters. The molecule has 2 rings (SSSR count). The zero-order chi connectivity index (χ0) is 13.0. The quantitative estimate of drug-likeness (QED) is 0.863. The molecule has 1 aromatic heterocycles. The molecule has 0 aliphatic rings. The number of carbonyl (C=O) groups is 1. The third-order valence-corrected chi connectivity index (χ3v) is 3.29. The Kier molecular flexibility index (Phi) is 4.30. The lowest BCUT2D eigenvalue weighted by atomic mass is 10.1. The average molecular weight is 352 g/mol. The molecule has 4 heteroatoms. The summed E-state index contributed by atoms with van der Waals surface area (Å²) in [5, 5.41) is 2.96. The molecule has 92 valence electrons. The number of aromatic nitrogens is 1. The number of amides is 1. The third kappa shape index (κ3) is 3.29. The number of carbonyl (C=O) groups excluding carboxylic acids is 1. The summed E-state index contributed by atoms with van der Waals surface area (Å²) in [7, 11) is 0. The van der Waals surface area contributed by atoms with Crippen LogP contribution in [0.3, 0.4) is 0 Å². The van der Waals surface area contributed by atoms with Crippen molar-refractivity contribution in [2.75, 3.05) is 0 Å². The Labute approximate surface area is 120 Å². The van der Waals surface area contributed by atoms with Gasteiger partial charge in [-0.1, -0.05) is 12.1 Å². The van der Waals surface area contributed by atoms with E-state index in [9.17, 15) is 4.79 Å². The van der Waals surface area contributed by atoms with Gasteiger partial charge < -0.3 is 5.32 Å². The summed E-state index contributed by atoms with van der Waals surface area (Å²) < 4.78 is 1.05. The lowest BCUT2D eigenvalue weighted by Crippen LogP contribution is -2.26. The van der Waals surface area contributed by atoms with Crippen LogP contribution in [0.15, 0.2) is 48.8 Å². The van der Waals surface area contributed by atoms with E-state index in [0.29, 0.717) is 5.56 Å². The van der Waals surface area contributed by atoms with Crippen molar-refractivity contribution in [2.45, 2.75) is 13.0 Å². The van der Waals surface area contributed by atoms with Gasteiger partial charge in [0, 0.05) is 21.5 Å². The Morgan fingerprint density at radius 3 is 2.83 bits per heavy atom. The van der Waals surface area contributed by atoms with Crippen molar-refractivity contribution < 1.29 is 4.79 Å². The SMILES string of the molecule is CC(NC(=O)c1cccc(I)c1)c1cccnc1. The van der Waals surface area contributed by atoms with Crippen LogP contribution in [0.4, 0.5) is 0 Å². The number of hydrogen-bond acceptors (Lipinski definition) is 2. The number of benzene rings is 1. The van der Waals surface area contributed by atoms with E-state index in [-0.39, 0.29) is 11.9 Å². The first kappa shape index (κ1) is 13.0. The van der Waals surface area contributed by atoms with Gasteiger partial charge in [-0.05, 0) is 59.3 Å². The molecule has 0 bridgehead atoms. The molecule has 1 amide bonds. The van der Waals surface area contributed by atoms with Crippen LogP contribution < -0.4 is 5.32 Å². The van der Waals surface area contributed by atoms with Gasteiger partial charge in [-0.2, -0.15) is 0 Å². The zero-order valence-corrected chi connectivity index (χ0v) is 12.1. The maximum Gasteiger partial charge on any atom is 0.251 e. The van der Waals surface area contributed by atoms with Gasteiger partial charge in [0.2, 0.25) is 0 Å². The normalized spacial score (nSPS) is 11.9. The fourth-order valence-corrected chi connectivity index (χ4v) is 2.17. The number of rotatable bonds is 3. The fraction of sp³-hybridized carbons (Fsp3) is 0.143. The molecule has 1 aromatic carbocycles. The molecule has 0 radical (unpaired) electrons. The first-order valence-corrected chi connectivity index (χ1v) is 6.71. The van der Waals surface area contributed by atoms with Gasteiger partial charge in [0.05, 0.1) is 6.04 Å². The Bertz CT molecular complexity index is 543. The summed E-state index contributed by atoms with van der Waals surface area (Å²) in [6, 6.07) is 11.3. The van der Waals surface area contributed by atoms with Crippen LogP contribution >= 0.6 is 22.6 Å². The minimum Gasteiger partial charge on any atom is -0.345 e. The highest BCUT2D eigenvalue weighted by Crippen LogP contribution is 2.12. The van der Waals surface area contributed by atoms with Gasteiger partial charge in [0.1, 0.15) is 0 Å². The van der Waals surface area contributed by atoms with E-state index in [0.717, 1.165) is 9.13 Å². The van der Waals surface area contributed by atoms with Crippen molar-refractivity contribution in [1.29, 1.82) is 0 Å². The number of nitrogens with zero attached hydrogens (tertiary/aromatic N) is 1. The number of hydrogen-bond donors (Lipinski definition) is 1. The highest BCUT2D eigenvalue weighted by Gasteiger charge is 2.11. The highest BCUT2D eigenvalue weighted by atomic mass is 127. The van der Waals surface area contributed by atoms with Gasteiger partial charge in [-0.15, -0.1) is 0 Å². The van der Waals surface area contributed by atoms with Crippen LogP contribution in [-0.4, -0.2) is 10.9 Å². The van der Waals surface area contributed by atoms with Gasteiger partial charge in [-0.3, -0.25) is 9.78 Å². The molecule has 0 saturated carbocycles. The maximum absolute atomic E-state index is 12.0. The Balaban J connectivity index is 2.08. The molecular weight excluding hydrogens is 339 g/mol. The summed E-state index contributed by atoms with van der Waals surface area (Å²) in [6.07, 6.45) is 3.48. The second-order valence-electron chi connectivity index (χ2n) is 3.99. The minimum absolute atomic E-state index is 0.0518. The summed E-state index contributed by atoms with van der Waals surface area (Å²) in [6.45, 7) is 1.95. The van der Waals surface area contributed by atoms with Gasteiger partial charge in [0.15, 0.2) is 0 Å². The smallest absolute Gasteiger partial charge is 0.251 e. The Morgan fingerprint density at radius 1 is 1.33 bits per heavy atom. The Morgan fingerprint density at radius 2 is 2.17 bits per heavy atom. The maximum atomic E-state index is 12.0. The van der Waals surface area contributed by atoms with Gasteiger partial charge in [0.25, 0.3) is 5.91 Å². The molecule has 1 heterocycles. The van der Waals surface area contributed by atoms with Crippen LogP contribution in [-0.2, 0) is 0 Å². The number of pyridine rings is 1. The van der Waals surface area contributed by atoms with Gasteiger partial charge >= 0.3 is 0 Å². The number of nitrogens with one attached hydrogen (secondary N) is 1. The van der Waals surface area contributed by atoms with E-state index < -0.39 is 0 Å². The van der Waals surface area contributed by atoms with Crippen molar-refractivity contribution in [3.63, 3.8) is 0 Å². The Hall–Kier alpha value is -1.43. The molecular formula is C14H13IN2O. The molecule has 0 aliphatic carbocycles. The lowest BCUT2D eigenvalue weighted by Gasteiger charge is -2.13. The van der Waals surface area contributed by atoms with Crippen LogP contribution in [0, 0.1) is 3.57 Å². The topological polar surface area (TPSA) is 42.0 Å². The standard InChI is InChI=1S/C14H13IN2O/c1-10(12-5-3-7-16-9-12)17-14(18)11-4-2-6-13(15)8-11/h2-10H,1H3,(H,17,18). The first-order valence-electron chi connectivity index (χ1n) is 5.63. The van der Waals surface area contributed by atoms with Gasteiger partial charge in [-0.25, -0.2) is 0 Å². The third-order valence-electron chi connectivity index (χ3n) is 2.62. The van der Waals surface area contributed by atoms with Crippen LogP contribution in [0.2, 0.25) is 0 Å². The van der Waals surface area contributed by atoms with Crippen LogP contribution in [0.1, 0.15) is 28.9 Å². The van der Waals surface area contributed by atoms with Crippen LogP contribution in [0.5, 0.6) is 0 Å². The molecule has 3 nitrogen and oxygen atoms in total. The molecule has 0 saturated heterocycles. The van der Waals surface area contributed by atoms with Crippen molar-refractivity contribution in [1.82, 2.24) is 10.3 Å². The van der Waals surface area contributed by atoms with Crippen molar-refractivity contribution >= 4 is 28.5 Å². The van der Waals surface area contributed by atoms with Crippen molar-refractivity contribution in [3.05, 3.63) is 63.5 Å². The molecule has 0 spiro atoms. The highest BCUT2D eigenvalue weighted by molar-refractivity contribution is 14.1. The second-order valence-corrected chi connectivity index (χ2v) is 5.24. The first-order chi connectivity index (χ1) is 8.66. The predicted molar refractivity (Wildman–Crippen MR) is 79.3 cm³/mol. The predicted octanol–water partition coefficient (Wildman–Crippen LogP) is 3.18. The molecule has 1 atom stereocenters. The molecule has 18 heavy (non-hydrogen) atoms. The minimum atomic E-state index is -0.0649. The van der Waals surface area contributed by atoms with E-state index in [4.69, 9.17) is 0 Å². The largest absolute Gasteiger partial charge is 0.345 e. The second kappa shape index (κ2) is 5.95. The molecule has 0 fully saturated rings. The van der Waals surface area contributed by atoms with E-state index in [1.54, 1.807) is 12.4 Å². The van der Waals surface area contributed by atoms with Crippen molar-refractivity contribution in [3.8, 4) is 0 Å². The summed E-state index contributed by atoms with van der Waals surface area (Å²) in [5.41, 5.74) is 1.68. The van der Waals surface area contributed by atoms with E-state index in [1.165, 1.54) is 0 Å². The summed E-state index contributed by atoms with van der Waals surface area (Å²) >= 11 is 2.19. The molecule has 1 N–H and O–H groups in total. The molecule has 2 aromatic rings. The van der Waals surface area contributed by atoms with Crippen molar-refractivity contribution in [2.24, 2.45) is 0 Å². The zero-order valence-electron chi connectivity index (χ0n) is 9.93. The number of halogens is 1. The van der Waals surface area contributed by atoms with E-state index in [2.05, 4.69) is 32.9 Å². The summed E-state index contributed by atoms with van der Waals surface area (Å²) in [5.74, 6) is -0.0649. The van der Waals surface area contributed by atoms with Crippen LogP contribution in [0.25, 0.3) is 0 Å². The molecule has 0 aliphatic heterocycles. The fourth-order valence-electron chi connectivity index (χ4n) is 1.63. The van der Waals surface area contributed by atoms with E-state index >= 15 is 0 Å². The monoisotopic (exact) mass is 352 g/mol. The lowest BCUT2D eigenvalue weighted by molar-refractivity contribution is 0.0940.